The van der Waals surface area contributed by atoms with Gasteiger partial charge in [0.2, 0.25) is 5.91 Å². The molecule has 2 aliphatic rings. The molecule has 1 unspecified atom stereocenters. The second kappa shape index (κ2) is 3.91. The van der Waals surface area contributed by atoms with Crippen LogP contribution in [0.25, 0.3) is 0 Å². The monoisotopic (exact) mass is 216 g/mol. The van der Waals surface area contributed by atoms with E-state index in [0.29, 0.717) is 6.04 Å². The van der Waals surface area contributed by atoms with E-state index in [-0.39, 0.29) is 11.9 Å². The first-order chi connectivity index (χ1) is 7.84. The number of carbonyl (C=O) groups excluding carboxylic acids is 1. The molecule has 1 atom stereocenters. The highest BCUT2D eigenvalue weighted by Crippen LogP contribution is 2.25. The molecule has 1 heterocycles. The third kappa shape index (κ3) is 1.83. The second-order valence-corrected chi connectivity index (χ2v) is 4.62. The second-order valence-electron chi connectivity index (χ2n) is 4.62. The van der Waals surface area contributed by atoms with Crippen molar-refractivity contribution >= 4 is 5.91 Å². The highest BCUT2D eigenvalue weighted by atomic mass is 16.2. The molecule has 1 fully saturated rings. The van der Waals surface area contributed by atoms with Crippen molar-refractivity contribution in [2.45, 2.75) is 31.3 Å². The van der Waals surface area contributed by atoms with Gasteiger partial charge in [0.1, 0.15) is 6.04 Å². The molecule has 1 aromatic rings. The van der Waals surface area contributed by atoms with E-state index in [2.05, 4.69) is 22.8 Å². The molecule has 1 aliphatic heterocycles. The first kappa shape index (κ1) is 9.85. The maximum Gasteiger partial charge on any atom is 0.241 e. The van der Waals surface area contributed by atoms with E-state index in [1.54, 1.807) is 0 Å². The van der Waals surface area contributed by atoms with Crippen LogP contribution in [0.5, 0.6) is 0 Å². The summed E-state index contributed by atoms with van der Waals surface area (Å²) in [5.41, 5.74) is 2.45. The minimum Gasteiger partial charge on any atom is -0.352 e. The van der Waals surface area contributed by atoms with E-state index in [4.69, 9.17) is 0 Å². The zero-order valence-corrected chi connectivity index (χ0v) is 9.20. The van der Waals surface area contributed by atoms with Gasteiger partial charge >= 0.3 is 0 Å². The number of amides is 1. The summed E-state index contributed by atoms with van der Waals surface area (Å²) in [5, 5.41) is 6.36. The van der Waals surface area contributed by atoms with Crippen molar-refractivity contribution in [1.82, 2.24) is 10.6 Å². The van der Waals surface area contributed by atoms with Gasteiger partial charge in [-0.25, -0.2) is 0 Å². The molecule has 0 radical (unpaired) electrons. The molecule has 3 nitrogen and oxygen atoms in total. The van der Waals surface area contributed by atoms with Crippen LogP contribution in [0.4, 0.5) is 0 Å². The predicted molar refractivity (Wildman–Crippen MR) is 62.1 cm³/mol. The van der Waals surface area contributed by atoms with Crippen LogP contribution in [-0.4, -0.2) is 18.5 Å². The first-order valence-corrected chi connectivity index (χ1v) is 5.96. The maximum absolute atomic E-state index is 12.0. The standard InChI is InChI=1S/C13H16N2O/c16-13(15-10-5-6-10)12-11-4-2-1-3-9(11)7-8-14-12/h1-4,10,12,14H,5-8H2,(H,15,16). The Morgan fingerprint density at radius 2 is 2.12 bits per heavy atom. The predicted octanol–water partition coefficient (Wildman–Crippen LogP) is 1.15. The van der Waals surface area contributed by atoms with E-state index in [1.165, 1.54) is 5.56 Å². The van der Waals surface area contributed by atoms with Crippen LogP contribution in [0.2, 0.25) is 0 Å². The minimum absolute atomic E-state index is 0.134. The van der Waals surface area contributed by atoms with Gasteiger partial charge in [0, 0.05) is 12.6 Å². The van der Waals surface area contributed by atoms with E-state index in [9.17, 15) is 4.79 Å². The van der Waals surface area contributed by atoms with Crippen LogP contribution in [0.15, 0.2) is 24.3 Å². The zero-order chi connectivity index (χ0) is 11.0. The molecule has 16 heavy (non-hydrogen) atoms. The van der Waals surface area contributed by atoms with Gasteiger partial charge in [-0.2, -0.15) is 0 Å². The molecule has 2 N–H and O–H groups in total. The summed E-state index contributed by atoms with van der Waals surface area (Å²) in [6.07, 6.45) is 3.30. The van der Waals surface area contributed by atoms with Crippen molar-refractivity contribution < 1.29 is 4.79 Å². The lowest BCUT2D eigenvalue weighted by molar-refractivity contribution is -0.123. The third-order valence-corrected chi connectivity index (χ3v) is 3.29. The average molecular weight is 216 g/mol. The molecule has 0 spiro atoms. The Morgan fingerprint density at radius 1 is 1.31 bits per heavy atom. The molecule has 1 amide bonds. The minimum atomic E-state index is -0.148. The van der Waals surface area contributed by atoms with Crippen LogP contribution < -0.4 is 10.6 Å². The summed E-state index contributed by atoms with van der Waals surface area (Å²) < 4.78 is 0. The summed E-state index contributed by atoms with van der Waals surface area (Å²) in [6.45, 7) is 0.889. The van der Waals surface area contributed by atoms with Crippen molar-refractivity contribution in [3.63, 3.8) is 0 Å². The lowest BCUT2D eigenvalue weighted by atomic mass is 9.94. The maximum atomic E-state index is 12.0. The SMILES string of the molecule is O=C(NC1CC1)C1NCCc2ccccc21. The largest absolute Gasteiger partial charge is 0.352 e. The van der Waals surface area contributed by atoms with E-state index in [1.807, 2.05) is 12.1 Å². The molecular formula is C13H16N2O. The van der Waals surface area contributed by atoms with Crippen molar-refractivity contribution in [3.8, 4) is 0 Å². The fourth-order valence-electron chi connectivity index (χ4n) is 2.25. The number of carbonyl (C=O) groups is 1. The van der Waals surface area contributed by atoms with E-state index < -0.39 is 0 Å². The van der Waals surface area contributed by atoms with Crippen molar-refractivity contribution in [1.29, 1.82) is 0 Å². The Kier molecular flexibility index (Phi) is 2.40. The average Bonchev–Trinajstić information content (AvgIpc) is 3.12. The molecule has 84 valence electrons. The van der Waals surface area contributed by atoms with Crippen molar-refractivity contribution in [2.24, 2.45) is 0 Å². The van der Waals surface area contributed by atoms with Gasteiger partial charge in [-0.1, -0.05) is 24.3 Å². The Morgan fingerprint density at radius 3 is 2.94 bits per heavy atom. The molecule has 1 aliphatic carbocycles. The Bertz CT molecular complexity index is 412. The van der Waals surface area contributed by atoms with Crippen molar-refractivity contribution in [3.05, 3.63) is 35.4 Å². The van der Waals surface area contributed by atoms with Gasteiger partial charge < -0.3 is 10.6 Å². The van der Waals surface area contributed by atoms with E-state index in [0.717, 1.165) is 31.4 Å². The number of hydrogen-bond acceptors (Lipinski definition) is 2. The highest BCUT2D eigenvalue weighted by molar-refractivity contribution is 5.84. The van der Waals surface area contributed by atoms with Gasteiger partial charge in [0.25, 0.3) is 0 Å². The number of rotatable bonds is 2. The summed E-state index contributed by atoms with van der Waals surface area (Å²) >= 11 is 0. The van der Waals surface area contributed by atoms with E-state index >= 15 is 0 Å². The molecule has 1 saturated carbocycles. The van der Waals surface area contributed by atoms with Crippen LogP contribution >= 0.6 is 0 Å². The molecule has 0 aromatic heterocycles. The summed E-state index contributed by atoms with van der Waals surface area (Å²) in [6, 6.07) is 8.50. The summed E-state index contributed by atoms with van der Waals surface area (Å²) in [5.74, 6) is 0.134. The van der Waals surface area contributed by atoms with Gasteiger partial charge in [0.15, 0.2) is 0 Å². The lowest BCUT2D eigenvalue weighted by Gasteiger charge is -2.26. The van der Waals surface area contributed by atoms with Crippen LogP contribution in [-0.2, 0) is 11.2 Å². The quantitative estimate of drug-likeness (QED) is 0.778. The van der Waals surface area contributed by atoms with Gasteiger partial charge in [0.05, 0.1) is 0 Å². The molecule has 3 rings (SSSR count). The van der Waals surface area contributed by atoms with Gasteiger partial charge in [-0.3, -0.25) is 4.79 Å². The third-order valence-electron chi connectivity index (χ3n) is 3.29. The van der Waals surface area contributed by atoms with Gasteiger partial charge in [-0.15, -0.1) is 0 Å². The molecular weight excluding hydrogens is 200 g/mol. The number of nitrogens with one attached hydrogen (secondary N) is 2. The van der Waals surface area contributed by atoms with Crippen LogP contribution in [0.3, 0.4) is 0 Å². The molecule has 0 saturated heterocycles. The smallest absolute Gasteiger partial charge is 0.241 e. The molecule has 0 bridgehead atoms. The highest BCUT2D eigenvalue weighted by Gasteiger charge is 2.30. The Balaban J connectivity index is 1.82. The Labute approximate surface area is 95.2 Å². The number of benzene rings is 1. The fraction of sp³-hybridized carbons (Fsp3) is 0.462. The molecule has 1 aromatic carbocycles. The summed E-state index contributed by atoms with van der Waals surface area (Å²) in [4.78, 5) is 12.0. The van der Waals surface area contributed by atoms with Crippen molar-refractivity contribution in [2.75, 3.05) is 6.54 Å². The number of fused-ring (bicyclic) bond motifs is 1. The topological polar surface area (TPSA) is 41.1 Å². The zero-order valence-electron chi connectivity index (χ0n) is 9.20. The lowest BCUT2D eigenvalue weighted by Crippen LogP contribution is -2.42. The molecule has 3 heteroatoms. The van der Waals surface area contributed by atoms with Crippen LogP contribution in [0, 0.1) is 0 Å². The van der Waals surface area contributed by atoms with Gasteiger partial charge in [-0.05, 0) is 30.4 Å². The Hall–Kier alpha value is -1.35. The fourth-order valence-corrected chi connectivity index (χ4v) is 2.25. The van der Waals surface area contributed by atoms with Crippen LogP contribution in [0.1, 0.15) is 30.0 Å². The first-order valence-electron chi connectivity index (χ1n) is 5.96. The summed E-state index contributed by atoms with van der Waals surface area (Å²) in [7, 11) is 0. The normalized spacial score (nSPS) is 23.6. The number of hydrogen-bond donors (Lipinski definition) is 2.